The van der Waals surface area contributed by atoms with Gasteiger partial charge in [0.1, 0.15) is 0 Å². The average molecular weight is 253 g/mol. The second-order valence-electron chi connectivity index (χ2n) is 6.46. The van der Waals surface area contributed by atoms with Gasteiger partial charge >= 0.3 is 0 Å². The number of hydrogen-bond acceptors (Lipinski definition) is 2. The summed E-state index contributed by atoms with van der Waals surface area (Å²) in [5, 5.41) is 0. The van der Waals surface area contributed by atoms with Crippen LogP contribution < -0.4 is 0 Å². The fraction of sp³-hybridized carbons (Fsp3) is 1.00. The zero-order chi connectivity index (χ0) is 12.8. The molecule has 0 aromatic carbocycles. The lowest BCUT2D eigenvalue weighted by atomic mass is 9.87. The van der Waals surface area contributed by atoms with Crippen molar-refractivity contribution in [2.45, 2.75) is 71.3 Å². The molecule has 18 heavy (non-hydrogen) atoms. The summed E-state index contributed by atoms with van der Waals surface area (Å²) in [6.45, 7) is 9.29. The molecule has 2 nitrogen and oxygen atoms in total. The van der Waals surface area contributed by atoms with Crippen LogP contribution in [0, 0.1) is 5.41 Å². The first-order chi connectivity index (χ1) is 8.79. The maximum atomic E-state index is 5.64. The van der Waals surface area contributed by atoms with Crippen molar-refractivity contribution in [3.8, 4) is 0 Å². The Morgan fingerprint density at radius 1 is 1.11 bits per heavy atom. The summed E-state index contributed by atoms with van der Waals surface area (Å²) in [4.78, 5) is 2.79. The van der Waals surface area contributed by atoms with Gasteiger partial charge in [0.25, 0.3) is 0 Å². The topological polar surface area (TPSA) is 12.5 Å². The smallest absolute Gasteiger partial charge is 0.0536 e. The number of ether oxygens (including phenoxy) is 1. The molecular weight excluding hydrogens is 222 g/mol. The Bertz CT molecular complexity index is 235. The van der Waals surface area contributed by atoms with Gasteiger partial charge < -0.3 is 4.74 Å². The fourth-order valence-electron chi connectivity index (χ4n) is 3.73. The molecule has 106 valence electrons. The van der Waals surface area contributed by atoms with Gasteiger partial charge in [-0.3, -0.25) is 4.90 Å². The van der Waals surface area contributed by atoms with E-state index in [0.717, 1.165) is 19.3 Å². The molecule has 2 unspecified atom stereocenters. The Kier molecular flexibility index (Phi) is 5.50. The fourth-order valence-corrected chi connectivity index (χ4v) is 3.73. The first-order valence-corrected chi connectivity index (χ1v) is 8.11. The van der Waals surface area contributed by atoms with Crippen LogP contribution in [-0.2, 0) is 4.74 Å². The van der Waals surface area contributed by atoms with E-state index in [1.807, 2.05) is 0 Å². The molecule has 0 bridgehead atoms. The minimum Gasteiger partial charge on any atom is -0.381 e. The number of rotatable bonds is 7. The zero-order valence-electron chi connectivity index (χ0n) is 12.4. The molecule has 2 fully saturated rings. The largest absolute Gasteiger partial charge is 0.381 e. The molecule has 2 atom stereocenters. The predicted molar refractivity (Wildman–Crippen MR) is 76.9 cm³/mol. The van der Waals surface area contributed by atoms with E-state index in [1.165, 1.54) is 64.5 Å². The lowest BCUT2D eigenvalue weighted by molar-refractivity contribution is 0.140. The van der Waals surface area contributed by atoms with Crippen LogP contribution >= 0.6 is 0 Å². The van der Waals surface area contributed by atoms with Crippen LogP contribution in [0.3, 0.4) is 0 Å². The van der Waals surface area contributed by atoms with Gasteiger partial charge in [-0.15, -0.1) is 0 Å². The average Bonchev–Trinajstić information content (AvgIpc) is 3.00. The highest BCUT2D eigenvalue weighted by molar-refractivity contribution is 4.94. The molecular formula is C16H31NO. The molecule has 2 heteroatoms. The maximum Gasteiger partial charge on any atom is 0.0536 e. The van der Waals surface area contributed by atoms with Crippen molar-refractivity contribution < 1.29 is 4.74 Å². The Morgan fingerprint density at radius 3 is 2.67 bits per heavy atom. The Morgan fingerprint density at radius 2 is 2.00 bits per heavy atom. The minimum absolute atomic E-state index is 0.538. The van der Waals surface area contributed by atoms with Gasteiger partial charge in [-0.1, -0.05) is 39.5 Å². The molecule has 0 aliphatic carbocycles. The van der Waals surface area contributed by atoms with Crippen LogP contribution in [0.15, 0.2) is 0 Å². The highest BCUT2D eigenvalue weighted by Gasteiger charge is 2.42. The van der Waals surface area contributed by atoms with E-state index in [2.05, 4.69) is 18.7 Å². The SMILES string of the molecule is CCCCCC(CCC)N1CCC2(CCOC2)C1. The van der Waals surface area contributed by atoms with Gasteiger partial charge in [0.05, 0.1) is 6.61 Å². The van der Waals surface area contributed by atoms with Crippen LogP contribution in [0.4, 0.5) is 0 Å². The predicted octanol–water partition coefficient (Wildman–Crippen LogP) is 3.85. The van der Waals surface area contributed by atoms with Crippen molar-refractivity contribution in [3.05, 3.63) is 0 Å². The van der Waals surface area contributed by atoms with E-state index in [1.54, 1.807) is 0 Å². The van der Waals surface area contributed by atoms with Gasteiger partial charge in [0.15, 0.2) is 0 Å². The summed E-state index contributed by atoms with van der Waals surface area (Å²) >= 11 is 0. The van der Waals surface area contributed by atoms with Gasteiger partial charge in [-0.05, 0) is 32.2 Å². The number of likely N-dealkylation sites (tertiary alicyclic amines) is 1. The number of nitrogens with zero attached hydrogens (tertiary/aromatic N) is 1. The van der Waals surface area contributed by atoms with E-state index in [0.29, 0.717) is 5.41 Å². The van der Waals surface area contributed by atoms with Crippen LogP contribution in [0.2, 0.25) is 0 Å². The third-order valence-electron chi connectivity index (χ3n) is 4.93. The van der Waals surface area contributed by atoms with Gasteiger partial charge in [-0.25, -0.2) is 0 Å². The van der Waals surface area contributed by atoms with Crippen LogP contribution in [0.25, 0.3) is 0 Å². The maximum absolute atomic E-state index is 5.64. The molecule has 2 saturated heterocycles. The summed E-state index contributed by atoms with van der Waals surface area (Å²) in [7, 11) is 0. The van der Waals surface area contributed by atoms with Crippen LogP contribution in [-0.4, -0.2) is 37.2 Å². The first kappa shape index (κ1) is 14.3. The molecule has 2 aliphatic rings. The highest BCUT2D eigenvalue weighted by atomic mass is 16.5. The van der Waals surface area contributed by atoms with Crippen molar-refractivity contribution in [3.63, 3.8) is 0 Å². The third kappa shape index (κ3) is 3.48. The summed E-state index contributed by atoms with van der Waals surface area (Å²) in [5.41, 5.74) is 0.538. The van der Waals surface area contributed by atoms with Gasteiger partial charge in [0.2, 0.25) is 0 Å². The van der Waals surface area contributed by atoms with Crippen LogP contribution in [0.1, 0.15) is 65.2 Å². The highest BCUT2D eigenvalue weighted by Crippen LogP contribution is 2.39. The van der Waals surface area contributed by atoms with E-state index in [4.69, 9.17) is 4.74 Å². The molecule has 0 saturated carbocycles. The Labute approximate surface area is 113 Å². The summed E-state index contributed by atoms with van der Waals surface area (Å²) in [6.07, 6.45) is 11.0. The summed E-state index contributed by atoms with van der Waals surface area (Å²) in [6, 6.07) is 0.849. The standard InChI is InChI=1S/C16H31NO/c1-3-5-6-8-15(7-4-2)17-11-9-16(13-17)10-12-18-14-16/h15H,3-14H2,1-2H3. The van der Waals surface area contributed by atoms with E-state index in [-0.39, 0.29) is 0 Å². The summed E-state index contributed by atoms with van der Waals surface area (Å²) < 4.78 is 5.64. The van der Waals surface area contributed by atoms with E-state index < -0.39 is 0 Å². The lowest BCUT2D eigenvalue weighted by Gasteiger charge is -2.29. The molecule has 2 rings (SSSR count). The number of hydrogen-bond donors (Lipinski definition) is 0. The molecule has 1 spiro atoms. The van der Waals surface area contributed by atoms with Crippen molar-refractivity contribution in [2.24, 2.45) is 5.41 Å². The third-order valence-corrected chi connectivity index (χ3v) is 4.93. The molecule has 0 amide bonds. The normalized spacial score (nSPS) is 30.3. The Balaban J connectivity index is 1.83. The molecule has 0 N–H and O–H groups in total. The van der Waals surface area contributed by atoms with Crippen molar-refractivity contribution in [2.75, 3.05) is 26.3 Å². The zero-order valence-corrected chi connectivity index (χ0v) is 12.4. The molecule has 2 aliphatic heterocycles. The van der Waals surface area contributed by atoms with Crippen LogP contribution in [0.5, 0.6) is 0 Å². The second kappa shape index (κ2) is 6.91. The van der Waals surface area contributed by atoms with Crippen molar-refractivity contribution in [1.82, 2.24) is 4.90 Å². The van der Waals surface area contributed by atoms with Gasteiger partial charge in [-0.2, -0.15) is 0 Å². The molecule has 0 aromatic heterocycles. The van der Waals surface area contributed by atoms with Gasteiger partial charge in [0, 0.05) is 24.6 Å². The quantitative estimate of drug-likeness (QED) is 0.639. The molecule has 0 aromatic rings. The Hall–Kier alpha value is -0.0800. The second-order valence-corrected chi connectivity index (χ2v) is 6.46. The lowest BCUT2D eigenvalue weighted by Crippen LogP contribution is -2.36. The molecule has 2 heterocycles. The first-order valence-electron chi connectivity index (χ1n) is 8.11. The summed E-state index contributed by atoms with van der Waals surface area (Å²) in [5.74, 6) is 0. The van der Waals surface area contributed by atoms with Crippen molar-refractivity contribution >= 4 is 0 Å². The minimum atomic E-state index is 0.538. The van der Waals surface area contributed by atoms with E-state index >= 15 is 0 Å². The molecule has 0 radical (unpaired) electrons. The monoisotopic (exact) mass is 253 g/mol. The van der Waals surface area contributed by atoms with Crippen molar-refractivity contribution in [1.29, 1.82) is 0 Å². The van der Waals surface area contributed by atoms with E-state index in [9.17, 15) is 0 Å². The number of unbranched alkanes of at least 4 members (excludes halogenated alkanes) is 2.